The number of nitrogens with one attached hydrogen (secondary N) is 1. The first-order chi connectivity index (χ1) is 13.4. The Kier molecular flexibility index (Phi) is 7.36. The SMILES string of the molecule is Cc1nc(SCC(=O)Nc2ccc(SC(F)F)cc2)n(C[C@H]2CCCO2)c1C. The molecule has 3 rings (SSSR count). The third kappa shape index (κ3) is 5.71. The lowest BCUT2D eigenvalue weighted by Crippen LogP contribution is -2.18. The van der Waals surface area contributed by atoms with Crippen molar-refractivity contribution in [3.63, 3.8) is 0 Å². The second-order valence-electron chi connectivity index (χ2n) is 6.55. The fraction of sp³-hybridized carbons (Fsp3) is 0.474. The Morgan fingerprint density at radius 2 is 2.11 bits per heavy atom. The summed E-state index contributed by atoms with van der Waals surface area (Å²) in [6, 6.07) is 6.39. The molecule has 0 saturated carbocycles. The number of aromatic nitrogens is 2. The molecule has 0 radical (unpaired) electrons. The maximum Gasteiger partial charge on any atom is 0.288 e. The van der Waals surface area contributed by atoms with Crippen LogP contribution in [0.3, 0.4) is 0 Å². The number of halogens is 2. The van der Waals surface area contributed by atoms with Crippen molar-refractivity contribution >= 4 is 35.1 Å². The first kappa shape index (κ1) is 21.1. The number of amides is 1. The topological polar surface area (TPSA) is 56.2 Å². The van der Waals surface area contributed by atoms with Gasteiger partial charge in [-0.3, -0.25) is 4.79 Å². The zero-order valence-corrected chi connectivity index (χ0v) is 17.4. The summed E-state index contributed by atoms with van der Waals surface area (Å²) >= 11 is 1.87. The van der Waals surface area contributed by atoms with E-state index in [1.165, 1.54) is 11.8 Å². The number of nitrogens with zero attached hydrogens (tertiary/aromatic N) is 2. The summed E-state index contributed by atoms with van der Waals surface area (Å²) in [4.78, 5) is 17.3. The molecule has 0 spiro atoms. The third-order valence-electron chi connectivity index (χ3n) is 4.53. The van der Waals surface area contributed by atoms with Crippen LogP contribution in [-0.4, -0.2) is 39.7 Å². The van der Waals surface area contributed by atoms with Gasteiger partial charge in [0.05, 0.1) is 24.1 Å². The summed E-state index contributed by atoms with van der Waals surface area (Å²) in [5.41, 5.74) is 2.62. The summed E-state index contributed by atoms with van der Waals surface area (Å²) in [6.45, 7) is 5.54. The van der Waals surface area contributed by atoms with Crippen molar-refractivity contribution in [3.8, 4) is 0 Å². The highest BCUT2D eigenvalue weighted by Gasteiger charge is 2.20. The molecule has 2 aromatic rings. The summed E-state index contributed by atoms with van der Waals surface area (Å²) in [5, 5.41) is 3.60. The fourth-order valence-corrected chi connectivity index (χ4v) is 4.39. The number of carbonyl (C=O) groups is 1. The van der Waals surface area contributed by atoms with E-state index >= 15 is 0 Å². The molecule has 1 fully saturated rings. The molecule has 1 aliphatic rings. The minimum Gasteiger partial charge on any atom is -0.376 e. The predicted octanol–water partition coefficient (Wildman–Crippen LogP) is 4.72. The van der Waals surface area contributed by atoms with E-state index in [0.29, 0.717) is 22.3 Å². The molecule has 5 nitrogen and oxygen atoms in total. The Morgan fingerprint density at radius 1 is 1.36 bits per heavy atom. The molecule has 0 bridgehead atoms. The van der Waals surface area contributed by atoms with Gasteiger partial charge in [-0.1, -0.05) is 23.5 Å². The second kappa shape index (κ2) is 9.76. The minimum atomic E-state index is -2.46. The highest BCUT2D eigenvalue weighted by atomic mass is 32.2. The number of anilines is 1. The molecule has 0 aliphatic carbocycles. The van der Waals surface area contributed by atoms with Gasteiger partial charge in [-0.15, -0.1) is 0 Å². The number of hydrogen-bond acceptors (Lipinski definition) is 5. The van der Waals surface area contributed by atoms with Crippen LogP contribution in [0.5, 0.6) is 0 Å². The highest BCUT2D eigenvalue weighted by Crippen LogP contribution is 2.27. The van der Waals surface area contributed by atoms with Crippen LogP contribution >= 0.6 is 23.5 Å². The van der Waals surface area contributed by atoms with Gasteiger partial charge in [-0.25, -0.2) is 4.98 Å². The number of hydrogen-bond donors (Lipinski definition) is 1. The minimum absolute atomic E-state index is 0.166. The first-order valence-corrected chi connectivity index (χ1v) is 10.9. The van der Waals surface area contributed by atoms with Crippen LogP contribution in [-0.2, 0) is 16.1 Å². The number of carbonyl (C=O) groups excluding carboxylic acids is 1. The van der Waals surface area contributed by atoms with E-state index in [1.54, 1.807) is 24.3 Å². The molecular weight excluding hydrogens is 404 g/mol. The zero-order valence-electron chi connectivity index (χ0n) is 15.8. The van der Waals surface area contributed by atoms with Crippen molar-refractivity contribution in [2.24, 2.45) is 0 Å². The molecule has 1 amide bonds. The molecule has 1 aliphatic heterocycles. The van der Waals surface area contributed by atoms with E-state index in [-0.39, 0.29) is 17.8 Å². The first-order valence-electron chi connectivity index (χ1n) is 9.05. The quantitative estimate of drug-likeness (QED) is 0.618. The van der Waals surface area contributed by atoms with Gasteiger partial charge in [0.25, 0.3) is 5.76 Å². The van der Waals surface area contributed by atoms with Crippen LogP contribution in [0.2, 0.25) is 0 Å². The summed E-state index contributed by atoms with van der Waals surface area (Å²) in [6.07, 6.45) is 2.32. The molecule has 152 valence electrons. The number of aryl methyl sites for hydroxylation is 1. The van der Waals surface area contributed by atoms with Gasteiger partial charge in [-0.05, 0) is 51.0 Å². The van der Waals surface area contributed by atoms with Crippen LogP contribution in [0, 0.1) is 13.8 Å². The third-order valence-corrected chi connectivity index (χ3v) is 6.23. The fourth-order valence-electron chi connectivity index (χ4n) is 2.99. The van der Waals surface area contributed by atoms with Crippen LogP contribution in [0.1, 0.15) is 24.2 Å². The van der Waals surface area contributed by atoms with E-state index in [2.05, 4.69) is 14.9 Å². The molecule has 2 heterocycles. The van der Waals surface area contributed by atoms with E-state index < -0.39 is 5.76 Å². The van der Waals surface area contributed by atoms with E-state index in [1.807, 2.05) is 13.8 Å². The lowest BCUT2D eigenvalue weighted by Gasteiger charge is -2.14. The van der Waals surface area contributed by atoms with Crippen LogP contribution in [0.4, 0.5) is 14.5 Å². The van der Waals surface area contributed by atoms with Crippen molar-refractivity contribution in [2.45, 2.75) is 55.1 Å². The Bertz CT molecular complexity index is 806. The molecule has 1 aromatic carbocycles. The summed E-state index contributed by atoms with van der Waals surface area (Å²) in [7, 11) is 0. The van der Waals surface area contributed by atoms with Crippen molar-refractivity contribution in [2.75, 3.05) is 17.7 Å². The normalized spacial score (nSPS) is 16.7. The average molecular weight is 428 g/mol. The maximum absolute atomic E-state index is 12.4. The molecule has 9 heteroatoms. The lowest BCUT2D eigenvalue weighted by atomic mass is 10.2. The number of ether oxygens (including phenoxy) is 1. The van der Waals surface area contributed by atoms with Gasteiger partial charge < -0.3 is 14.6 Å². The number of rotatable bonds is 8. The maximum atomic E-state index is 12.4. The van der Waals surface area contributed by atoms with Crippen LogP contribution < -0.4 is 5.32 Å². The Morgan fingerprint density at radius 3 is 2.75 bits per heavy atom. The summed E-state index contributed by atoms with van der Waals surface area (Å²) < 4.78 is 32.6. The van der Waals surface area contributed by atoms with Gasteiger partial charge in [0.2, 0.25) is 5.91 Å². The number of benzene rings is 1. The highest BCUT2D eigenvalue weighted by molar-refractivity contribution is 8.00. The molecule has 1 aromatic heterocycles. The van der Waals surface area contributed by atoms with Gasteiger partial charge in [0, 0.05) is 22.9 Å². The monoisotopic (exact) mass is 427 g/mol. The smallest absolute Gasteiger partial charge is 0.288 e. The van der Waals surface area contributed by atoms with Crippen LogP contribution in [0.15, 0.2) is 34.3 Å². The van der Waals surface area contributed by atoms with Gasteiger partial charge in [0.15, 0.2) is 5.16 Å². The molecule has 28 heavy (non-hydrogen) atoms. The van der Waals surface area contributed by atoms with E-state index in [4.69, 9.17) is 4.74 Å². The zero-order chi connectivity index (χ0) is 20.1. The van der Waals surface area contributed by atoms with Crippen LogP contribution in [0.25, 0.3) is 0 Å². The number of thioether (sulfide) groups is 2. The summed E-state index contributed by atoms with van der Waals surface area (Å²) in [5.74, 6) is -2.40. The van der Waals surface area contributed by atoms with Gasteiger partial charge in [-0.2, -0.15) is 8.78 Å². The van der Waals surface area contributed by atoms with E-state index in [9.17, 15) is 13.6 Å². The lowest BCUT2D eigenvalue weighted by molar-refractivity contribution is -0.113. The molecule has 1 N–H and O–H groups in total. The van der Waals surface area contributed by atoms with E-state index in [0.717, 1.165) is 42.5 Å². The van der Waals surface area contributed by atoms with Gasteiger partial charge >= 0.3 is 0 Å². The Hall–Kier alpha value is -1.58. The number of alkyl halides is 2. The van der Waals surface area contributed by atoms with Crippen molar-refractivity contribution < 1.29 is 18.3 Å². The molecular formula is C19H23F2N3O2S2. The number of imidazole rings is 1. The second-order valence-corrected chi connectivity index (χ2v) is 8.56. The predicted molar refractivity (Wildman–Crippen MR) is 108 cm³/mol. The van der Waals surface area contributed by atoms with Gasteiger partial charge in [0.1, 0.15) is 0 Å². The Labute approximate surface area is 171 Å². The van der Waals surface area contributed by atoms with Crippen molar-refractivity contribution in [3.05, 3.63) is 35.7 Å². The van der Waals surface area contributed by atoms with Crippen molar-refractivity contribution in [1.82, 2.24) is 9.55 Å². The molecule has 0 unspecified atom stereocenters. The molecule has 1 atom stereocenters. The standard InChI is InChI=1S/C19H23F2N3O2S2/c1-12-13(2)24(10-15-4-3-9-26-15)19(22-12)27-11-17(25)23-14-5-7-16(8-6-14)28-18(20)21/h5-8,15,18H,3-4,9-11H2,1-2H3,(H,23,25)/t15-/m1/s1. The Balaban J connectivity index is 1.56. The molecule has 1 saturated heterocycles. The van der Waals surface area contributed by atoms with Crippen molar-refractivity contribution in [1.29, 1.82) is 0 Å². The largest absolute Gasteiger partial charge is 0.376 e. The average Bonchev–Trinajstić information content (AvgIpc) is 3.25.